The lowest BCUT2D eigenvalue weighted by atomic mass is 10.1. The summed E-state index contributed by atoms with van der Waals surface area (Å²) < 4.78 is 16.0. The van der Waals surface area contributed by atoms with Crippen molar-refractivity contribution < 1.29 is 9.18 Å². The van der Waals surface area contributed by atoms with E-state index in [-0.39, 0.29) is 11.7 Å². The number of benzene rings is 1. The molecule has 28 heavy (non-hydrogen) atoms. The second-order valence-electron chi connectivity index (χ2n) is 6.64. The van der Waals surface area contributed by atoms with Crippen LogP contribution in [0.25, 0.3) is 11.3 Å². The molecule has 0 atom stereocenters. The Balaban J connectivity index is 1.76. The lowest BCUT2D eigenvalue weighted by molar-refractivity contribution is 0.0778. The molecule has 7 heteroatoms. The van der Waals surface area contributed by atoms with Crippen LogP contribution in [-0.4, -0.2) is 31.9 Å². The fourth-order valence-corrected chi connectivity index (χ4v) is 3.69. The van der Waals surface area contributed by atoms with Crippen molar-refractivity contribution in [3.05, 3.63) is 72.1 Å². The Hall–Kier alpha value is -3.48. The van der Waals surface area contributed by atoms with Crippen LogP contribution < -0.4 is 5.32 Å². The minimum Gasteiger partial charge on any atom is -0.338 e. The van der Waals surface area contributed by atoms with Gasteiger partial charge in [0.05, 0.1) is 11.4 Å². The topological polar surface area (TPSA) is 63.1 Å². The average molecular weight is 377 g/mol. The molecule has 6 nitrogen and oxygen atoms in total. The molecule has 1 amide bonds. The van der Waals surface area contributed by atoms with Crippen LogP contribution in [0.2, 0.25) is 0 Å². The van der Waals surface area contributed by atoms with Crippen LogP contribution in [0.15, 0.2) is 49.3 Å². The first-order chi connectivity index (χ1) is 13.5. The van der Waals surface area contributed by atoms with Crippen LogP contribution in [-0.2, 0) is 6.54 Å². The van der Waals surface area contributed by atoms with E-state index in [1.54, 1.807) is 41.6 Å². The van der Waals surface area contributed by atoms with Gasteiger partial charge in [0.1, 0.15) is 11.5 Å². The zero-order valence-electron chi connectivity index (χ0n) is 15.7. The largest absolute Gasteiger partial charge is 0.338 e. The second kappa shape index (κ2) is 6.92. The maximum Gasteiger partial charge on any atom is 0.274 e. The zero-order valence-corrected chi connectivity index (χ0v) is 15.7. The maximum absolute atomic E-state index is 13.9. The Labute approximate surface area is 162 Å². The molecule has 0 aliphatic carbocycles. The number of fused-ring (bicyclic) bond motifs is 1. The minimum atomic E-state index is -0.377. The van der Waals surface area contributed by atoms with Crippen LogP contribution in [0.4, 0.5) is 16.0 Å². The number of amides is 1. The second-order valence-corrected chi connectivity index (χ2v) is 6.64. The van der Waals surface area contributed by atoms with Gasteiger partial charge in [-0.15, -0.1) is 0 Å². The van der Waals surface area contributed by atoms with E-state index in [0.29, 0.717) is 36.1 Å². The zero-order chi connectivity index (χ0) is 19.8. The number of nitrogens with one attached hydrogen (secondary N) is 1. The molecule has 1 aromatic carbocycles. The summed E-state index contributed by atoms with van der Waals surface area (Å²) in [6.07, 6.45) is 3.19. The number of carbonyl (C=O) groups excluding carboxylic acids is 1. The smallest absolute Gasteiger partial charge is 0.274 e. The molecule has 3 aromatic rings. The summed E-state index contributed by atoms with van der Waals surface area (Å²) in [7, 11) is 0. The number of para-hydroxylation sites is 1. The van der Waals surface area contributed by atoms with E-state index >= 15 is 0 Å². The average Bonchev–Trinajstić information content (AvgIpc) is 2.95. The Morgan fingerprint density at radius 1 is 1.21 bits per heavy atom. The summed E-state index contributed by atoms with van der Waals surface area (Å²) in [5, 5.41) is 2.92. The quantitative estimate of drug-likeness (QED) is 0.745. The number of halogens is 1. The van der Waals surface area contributed by atoms with Gasteiger partial charge in [0.25, 0.3) is 5.91 Å². The summed E-state index contributed by atoms with van der Waals surface area (Å²) >= 11 is 0. The van der Waals surface area contributed by atoms with E-state index < -0.39 is 0 Å². The molecule has 142 valence electrons. The molecule has 0 saturated carbocycles. The number of hydrogen-bond donors (Lipinski definition) is 1. The highest BCUT2D eigenvalue weighted by Gasteiger charge is 2.30. The van der Waals surface area contributed by atoms with Gasteiger partial charge in [-0.25, -0.2) is 14.4 Å². The van der Waals surface area contributed by atoms with Crippen molar-refractivity contribution in [2.45, 2.75) is 20.4 Å². The first kappa shape index (κ1) is 17.9. The van der Waals surface area contributed by atoms with Gasteiger partial charge in [0.2, 0.25) is 5.95 Å². The van der Waals surface area contributed by atoms with Crippen molar-refractivity contribution in [3.63, 3.8) is 0 Å². The summed E-state index contributed by atoms with van der Waals surface area (Å²) in [5.74, 6) is -0.144. The van der Waals surface area contributed by atoms with Gasteiger partial charge >= 0.3 is 0 Å². The molecule has 2 aromatic heterocycles. The fraction of sp³-hybridized carbons (Fsp3) is 0.190. The molecule has 0 unspecified atom stereocenters. The summed E-state index contributed by atoms with van der Waals surface area (Å²) in [6.45, 7) is 8.91. The Morgan fingerprint density at radius 3 is 2.75 bits per heavy atom. The molecular weight excluding hydrogens is 357 g/mol. The van der Waals surface area contributed by atoms with Gasteiger partial charge in [-0.2, -0.15) is 0 Å². The monoisotopic (exact) mass is 377 g/mol. The van der Waals surface area contributed by atoms with Crippen LogP contribution in [0.1, 0.15) is 21.7 Å². The van der Waals surface area contributed by atoms with Crippen molar-refractivity contribution >= 4 is 17.5 Å². The molecule has 1 aliphatic heterocycles. The Kier molecular flexibility index (Phi) is 4.43. The molecule has 0 saturated heterocycles. The predicted molar refractivity (Wildman–Crippen MR) is 106 cm³/mol. The molecule has 4 rings (SSSR count). The predicted octanol–water partition coefficient (Wildman–Crippen LogP) is 4.04. The highest BCUT2D eigenvalue weighted by atomic mass is 19.1. The number of rotatable bonds is 4. The number of nitrogens with zero attached hydrogens (tertiary/aromatic N) is 4. The molecular formula is C21H20FN5O. The number of hydrogen-bond acceptors (Lipinski definition) is 4. The highest BCUT2D eigenvalue weighted by Crippen LogP contribution is 2.33. The standard InChI is InChI=1S/C21H20FN5O/c1-4-26-11-12-27-14(3)18(13(2)19(27)20(26)28)17-9-10-23-21(25-17)24-16-8-6-5-7-15(16)22/h4-10H,1,11-12H2,2-3H3,(H,23,24,25). The molecule has 0 radical (unpaired) electrons. The van der Waals surface area contributed by atoms with E-state index in [9.17, 15) is 9.18 Å². The SMILES string of the molecule is C=CN1CCn2c(C)c(-c3ccnc(Nc4ccccc4F)n3)c(C)c2C1=O. The number of carbonyl (C=O) groups is 1. The van der Waals surface area contributed by atoms with Crippen molar-refractivity contribution in [2.24, 2.45) is 0 Å². The maximum atomic E-state index is 13.9. The van der Waals surface area contributed by atoms with Crippen LogP contribution >= 0.6 is 0 Å². The first-order valence-corrected chi connectivity index (χ1v) is 8.99. The van der Waals surface area contributed by atoms with Gasteiger partial charge in [-0.05, 0) is 37.6 Å². The van der Waals surface area contributed by atoms with Gasteiger partial charge in [0, 0.05) is 36.7 Å². The molecule has 0 fully saturated rings. The lowest BCUT2D eigenvalue weighted by Gasteiger charge is -2.26. The van der Waals surface area contributed by atoms with Crippen LogP contribution in [0.3, 0.4) is 0 Å². The van der Waals surface area contributed by atoms with E-state index in [0.717, 1.165) is 16.8 Å². The van der Waals surface area contributed by atoms with E-state index in [1.165, 1.54) is 6.07 Å². The molecule has 0 spiro atoms. The molecule has 1 N–H and O–H groups in total. The van der Waals surface area contributed by atoms with Crippen molar-refractivity contribution in [3.8, 4) is 11.3 Å². The normalized spacial score (nSPS) is 13.4. The number of anilines is 2. The van der Waals surface area contributed by atoms with E-state index in [2.05, 4.69) is 21.9 Å². The molecule has 3 heterocycles. The highest BCUT2D eigenvalue weighted by molar-refractivity contribution is 5.98. The molecule has 1 aliphatic rings. The van der Waals surface area contributed by atoms with Gasteiger partial charge in [-0.3, -0.25) is 4.79 Å². The van der Waals surface area contributed by atoms with E-state index in [4.69, 9.17) is 0 Å². The van der Waals surface area contributed by atoms with Crippen molar-refractivity contribution in [1.29, 1.82) is 0 Å². The van der Waals surface area contributed by atoms with Crippen molar-refractivity contribution in [1.82, 2.24) is 19.4 Å². The fourth-order valence-electron chi connectivity index (χ4n) is 3.69. The number of aromatic nitrogens is 3. The van der Waals surface area contributed by atoms with Gasteiger partial charge in [0.15, 0.2) is 0 Å². The minimum absolute atomic E-state index is 0.0631. The third-order valence-electron chi connectivity index (χ3n) is 5.05. The third kappa shape index (κ3) is 2.85. The third-order valence-corrected chi connectivity index (χ3v) is 5.05. The van der Waals surface area contributed by atoms with Gasteiger partial charge < -0.3 is 14.8 Å². The van der Waals surface area contributed by atoms with Crippen LogP contribution in [0, 0.1) is 19.7 Å². The summed E-state index contributed by atoms with van der Waals surface area (Å²) in [5.41, 5.74) is 4.38. The Bertz CT molecular complexity index is 1090. The summed E-state index contributed by atoms with van der Waals surface area (Å²) in [6, 6.07) is 8.16. The van der Waals surface area contributed by atoms with Gasteiger partial charge in [-0.1, -0.05) is 18.7 Å². The van der Waals surface area contributed by atoms with E-state index in [1.807, 2.05) is 18.4 Å². The van der Waals surface area contributed by atoms with Crippen LogP contribution in [0.5, 0.6) is 0 Å². The lowest BCUT2D eigenvalue weighted by Crippen LogP contribution is -2.36. The summed E-state index contributed by atoms with van der Waals surface area (Å²) in [4.78, 5) is 23.1. The molecule has 0 bridgehead atoms. The Morgan fingerprint density at radius 2 is 2.00 bits per heavy atom. The van der Waals surface area contributed by atoms with Crippen molar-refractivity contribution in [2.75, 3.05) is 11.9 Å². The first-order valence-electron chi connectivity index (χ1n) is 8.99.